The Morgan fingerprint density at radius 1 is 1.29 bits per heavy atom. The third-order valence-electron chi connectivity index (χ3n) is 3.35. The summed E-state index contributed by atoms with van der Waals surface area (Å²) < 4.78 is 21.6. The van der Waals surface area contributed by atoms with Crippen LogP contribution >= 0.6 is 0 Å². The van der Waals surface area contributed by atoms with Crippen molar-refractivity contribution in [2.75, 3.05) is 7.11 Å². The van der Waals surface area contributed by atoms with Crippen molar-refractivity contribution in [2.45, 2.75) is 13.5 Å². The Labute approximate surface area is 136 Å². The Balaban J connectivity index is 1.77. The molecule has 0 bridgehead atoms. The lowest BCUT2D eigenvalue weighted by Crippen LogP contribution is -2.00. The summed E-state index contributed by atoms with van der Waals surface area (Å²) in [6.45, 7) is 1.90. The molecule has 0 aliphatic heterocycles. The first-order valence-electron chi connectivity index (χ1n) is 7.04. The van der Waals surface area contributed by atoms with E-state index in [0.29, 0.717) is 28.9 Å². The highest BCUT2D eigenvalue weighted by Gasteiger charge is 2.16. The molecule has 2 heterocycles. The molecule has 0 aliphatic carbocycles. The summed E-state index contributed by atoms with van der Waals surface area (Å²) in [4.78, 5) is 14.6. The van der Waals surface area contributed by atoms with Crippen molar-refractivity contribution in [1.29, 1.82) is 0 Å². The van der Waals surface area contributed by atoms with Crippen LogP contribution in [0.25, 0.3) is 11.7 Å². The third kappa shape index (κ3) is 3.07. The van der Waals surface area contributed by atoms with Gasteiger partial charge in [0.15, 0.2) is 17.3 Å². The number of furan rings is 1. The zero-order valence-electron chi connectivity index (χ0n) is 13.0. The summed E-state index contributed by atoms with van der Waals surface area (Å²) in [6.07, 6.45) is 1.53. The van der Waals surface area contributed by atoms with Crippen molar-refractivity contribution >= 4 is 5.69 Å². The van der Waals surface area contributed by atoms with Crippen LogP contribution in [0.4, 0.5) is 5.69 Å². The normalized spacial score (nSPS) is 10.6. The number of nitrogens with zero attached hydrogens (tertiary/aromatic N) is 2. The average Bonchev–Trinajstić information content (AvgIpc) is 3.22. The van der Waals surface area contributed by atoms with E-state index in [9.17, 15) is 10.1 Å². The van der Waals surface area contributed by atoms with Crippen molar-refractivity contribution in [3.63, 3.8) is 0 Å². The van der Waals surface area contributed by atoms with Crippen LogP contribution in [-0.2, 0) is 6.61 Å². The lowest BCUT2D eigenvalue weighted by molar-refractivity contribution is -0.385. The van der Waals surface area contributed by atoms with Crippen LogP contribution in [-0.4, -0.2) is 17.0 Å². The van der Waals surface area contributed by atoms with Gasteiger partial charge in [0.2, 0.25) is 0 Å². The van der Waals surface area contributed by atoms with Gasteiger partial charge in [0, 0.05) is 6.07 Å². The number of ether oxygens (including phenoxy) is 2. The fourth-order valence-electron chi connectivity index (χ4n) is 2.10. The van der Waals surface area contributed by atoms with E-state index >= 15 is 0 Å². The maximum atomic E-state index is 10.8. The van der Waals surface area contributed by atoms with E-state index in [1.54, 1.807) is 19.1 Å². The van der Waals surface area contributed by atoms with Crippen LogP contribution < -0.4 is 9.47 Å². The molecule has 3 rings (SSSR count). The molecule has 24 heavy (non-hydrogen) atoms. The Morgan fingerprint density at radius 2 is 2.12 bits per heavy atom. The molecule has 0 spiro atoms. The van der Waals surface area contributed by atoms with E-state index in [1.807, 2.05) is 0 Å². The van der Waals surface area contributed by atoms with E-state index < -0.39 is 4.92 Å². The largest absolute Gasteiger partial charge is 0.493 e. The highest BCUT2D eigenvalue weighted by Crippen LogP contribution is 2.32. The van der Waals surface area contributed by atoms with Gasteiger partial charge in [0.25, 0.3) is 11.6 Å². The third-order valence-corrected chi connectivity index (χ3v) is 3.35. The number of hydrogen-bond donors (Lipinski definition) is 0. The second-order valence-corrected chi connectivity index (χ2v) is 4.88. The molecular formula is C16H14N2O6. The molecule has 3 aromatic rings. The van der Waals surface area contributed by atoms with Crippen molar-refractivity contribution in [3.8, 4) is 23.1 Å². The summed E-state index contributed by atoms with van der Waals surface area (Å²) in [5, 5.41) is 10.8. The quantitative estimate of drug-likeness (QED) is 0.501. The molecule has 0 fully saturated rings. The van der Waals surface area contributed by atoms with Crippen molar-refractivity contribution in [2.24, 2.45) is 0 Å². The van der Waals surface area contributed by atoms with Gasteiger partial charge in [-0.25, -0.2) is 4.98 Å². The minimum Gasteiger partial charge on any atom is -0.493 e. The minimum absolute atomic E-state index is 0.0723. The van der Waals surface area contributed by atoms with Gasteiger partial charge in [-0.15, -0.1) is 0 Å². The molecule has 0 aliphatic rings. The number of rotatable bonds is 6. The Kier molecular flexibility index (Phi) is 4.19. The number of methoxy groups -OCH3 is 1. The fraction of sp³-hybridized carbons (Fsp3) is 0.188. The standard InChI is InChI=1S/C16H14N2O6/c1-10-12(17-16(24-10)14-4-3-7-22-14)9-23-13-6-5-11(18(19)20)8-15(13)21-2/h3-8H,9H2,1-2H3. The van der Waals surface area contributed by atoms with Gasteiger partial charge in [-0.2, -0.15) is 0 Å². The number of nitro groups is 1. The van der Waals surface area contributed by atoms with E-state index in [-0.39, 0.29) is 18.0 Å². The molecule has 2 aromatic heterocycles. The molecule has 0 N–H and O–H groups in total. The molecule has 0 unspecified atom stereocenters. The van der Waals surface area contributed by atoms with Gasteiger partial charge in [0.05, 0.1) is 24.4 Å². The highest BCUT2D eigenvalue weighted by atomic mass is 16.6. The second-order valence-electron chi connectivity index (χ2n) is 4.88. The number of benzene rings is 1. The first kappa shape index (κ1) is 15.6. The molecule has 8 heteroatoms. The van der Waals surface area contributed by atoms with Crippen LogP contribution in [0, 0.1) is 17.0 Å². The van der Waals surface area contributed by atoms with Crippen LogP contribution in [0.15, 0.2) is 45.4 Å². The number of aryl methyl sites for hydroxylation is 1. The maximum absolute atomic E-state index is 10.8. The summed E-state index contributed by atoms with van der Waals surface area (Å²) >= 11 is 0. The molecule has 8 nitrogen and oxygen atoms in total. The lowest BCUT2D eigenvalue weighted by Gasteiger charge is -2.09. The molecule has 0 atom stereocenters. The smallest absolute Gasteiger partial charge is 0.273 e. The minimum atomic E-state index is -0.496. The van der Waals surface area contributed by atoms with Gasteiger partial charge >= 0.3 is 0 Å². The topological polar surface area (TPSA) is 101 Å². The van der Waals surface area contributed by atoms with E-state index in [1.165, 1.54) is 31.6 Å². The van der Waals surface area contributed by atoms with Gasteiger partial charge in [0.1, 0.15) is 18.1 Å². The van der Waals surface area contributed by atoms with Gasteiger partial charge in [-0.05, 0) is 25.1 Å². The van der Waals surface area contributed by atoms with Crippen LogP contribution in [0.3, 0.4) is 0 Å². The number of nitro benzene ring substituents is 1. The molecule has 0 saturated heterocycles. The van der Waals surface area contributed by atoms with Gasteiger partial charge in [-0.3, -0.25) is 10.1 Å². The molecule has 1 aromatic carbocycles. The molecule has 124 valence electrons. The number of aromatic nitrogens is 1. The van der Waals surface area contributed by atoms with Crippen molar-refractivity contribution in [3.05, 3.63) is 58.2 Å². The molecule has 0 radical (unpaired) electrons. The monoisotopic (exact) mass is 330 g/mol. The SMILES string of the molecule is COc1cc([N+](=O)[O-])ccc1OCc1nc(-c2ccco2)oc1C. The fourth-order valence-corrected chi connectivity index (χ4v) is 2.10. The first-order valence-corrected chi connectivity index (χ1v) is 7.04. The van der Waals surface area contributed by atoms with Crippen LogP contribution in [0.1, 0.15) is 11.5 Å². The van der Waals surface area contributed by atoms with Crippen LogP contribution in [0.2, 0.25) is 0 Å². The van der Waals surface area contributed by atoms with E-state index in [0.717, 1.165) is 0 Å². The highest BCUT2D eigenvalue weighted by molar-refractivity contribution is 5.49. The Morgan fingerprint density at radius 3 is 2.79 bits per heavy atom. The van der Waals surface area contributed by atoms with Crippen molar-refractivity contribution < 1.29 is 23.2 Å². The molecular weight excluding hydrogens is 316 g/mol. The zero-order chi connectivity index (χ0) is 17.1. The Hall–Kier alpha value is -3.29. The molecule has 0 saturated carbocycles. The van der Waals surface area contributed by atoms with Crippen molar-refractivity contribution in [1.82, 2.24) is 4.98 Å². The number of oxazole rings is 1. The lowest BCUT2D eigenvalue weighted by atomic mass is 10.3. The average molecular weight is 330 g/mol. The summed E-state index contributed by atoms with van der Waals surface area (Å²) in [7, 11) is 1.42. The summed E-state index contributed by atoms with van der Waals surface area (Å²) in [6, 6.07) is 7.63. The maximum Gasteiger partial charge on any atom is 0.273 e. The summed E-state index contributed by atoms with van der Waals surface area (Å²) in [5.41, 5.74) is 0.527. The van der Waals surface area contributed by atoms with Gasteiger partial charge in [-0.1, -0.05) is 0 Å². The van der Waals surface area contributed by atoms with Crippen LogP contribution in [0.5, 0.6) is 11.5 Å². The summed E-state index contributed by atoms with van der Waals surface area (Å²) in [5.74, 6) is 2.15. The Bertz CT molecular complexity index is 854. The van der Waals surface area contributed by atoms with E-state index in [4.69, 9.17) is 18.3 Å². The zero-order valence-corrected chi connectivity index (χ0v) is 13.0. The predicted molar refractivity (Wildman–Crippen MR) is 82.9 cm³/mol. The first-order chi connectivity index (χ1) is 11.6. The molecule has 0 amide bonds. The predicted octanol–water partition coefficient (Wildman–Crippen LogP) is 3.74. The van der Waals surface area contributed by atoms with Gasteiger partial charge < -0.3 is 18.3 Å². The second kappa shape index (κ2) is 6.45. The van der Waals surface area contributed by atoms with E-state index in [2.05, 4.69) is 4.98 Å². The number of non-ortho nitro benzene ring substituents is 1. The number of hydrogen-bond acceptors (Lipinski definition) is 7.